The molecule has 0 aliphatic heterocycles. The van der Waals surface area contributed by atoms with Crippen molar-refractivity contribution in [3.63, 3.8) is 0 Å². The number of fused-ring (bicyclic) bond motifs is 1. The molecule has 0 aliphatic rings. The summed E-state index contributed by atoms with van der Waals surface area (Å²) >= 11 is 1.56. The Bertz CT molecular complexity index is 1180. The fourth-order valence-corrected chi connectivity index (χ4v) is 3.99. The number of carbonyl (C=O) groups is 2. The molecule has 0 bridgehead atoms. The molecule has 0 aliphatic carbocycles. The van der Waals surface area contributed by atoms with E-state index in [-0.39, 0.29) is 5.78 Å². The molecule has 31 heavy (non-hydrogen) atoms. The SMILES string of the molecule is C=CC(=O)C(Cc1csc2cnccc12)NC(=O)c1ccnn1-c1ccccn1.CC. The molecule has 0 spiro atoms. The lowest BCUT2D eigenvalue weighted by Gasteiger charge is -2.16. The van der Waals surface area contributed by atoms with Crippen molar-refractivity contribution < 1.29 is 9.59 Å². The zero-order chi connectivity index (χ0) is 22.2. The van der Waals surface area contributed by atoms with Crippen molar-refractivity contribution in [1.29, 1.82) is 0 Å². The monoisotopic (exact) mass is 433 g/mol. The molecule has 0 saturated heterocycles. The molecular weight excluding hydrogens is 410 g/mol. The number of aromatic nitrogens is 4. The summed E-state index contributed by atoms with van der Waals surface area (Å²) in [6.45, 7) is 7.57. The maximum Gasteiger partial charge on any atom is 0.270 e. The van der Waals surface area contributed by atoms with E-state index in [1.165, 1.54) is 17.0 Å². The van der Waals surface area contributed by atoms with Gasteiger partial charge >= 0.3 is 0 Å². The van der Waals surface area contributed by atoms with Gasteiger partial charge in [0, 0.05) is 25.0 Å². The van der Waals surface area contributed by atoms with Crippen molar-refractivity contribution in [3.05, 3.63) is 84.4 Å². The Kier molecular flexibility index (Phi) is 7.40. The van der Waals surface area contributed by atoms with Gasteiger partial charge < -0.3 is 5.32 Å². The van der Waals surface area contributed by atoms with Crippen molar-refractivity contribution in [2.45, 2.75) is 26.3 Å². The molecule has 4 aromatic heterocycles. The van der Waals surface area contributed by atoms with Gasteiger partial charge in [-0.1, -0.05) is 26.5 Å². The van der Waals surface area contributed by atoms with E-state index in [9.17, 15) is 9.59 Å². The number of amides is 1. The molecule has 8 heteroatoms. The van der Waals surface area contributed by atoms with Crippen LogP contribution in [0.4, 0.5) is 0 Å². The van der Waals surface area contributed by atoms with E-state index >= 15 is 0 Å². The first kappa shape index (κ1) is 22.0. The predicted octanol–water partition coefficient (Wildman–Crippen LogP) is 4.00. The van der Waals surface area contributed by atoms with Gasteiger partial charge in [0.25, 0.3) is 5.91 Å². The summed E-state index contributed by atoms with van der Waals surface area (Å²) in [5.41, 5.74) is 1.27. The van der Waals surface area contributed by atoms with E-state index in [1.54, 1.807) is 48.1 Å². The number of ketones is 1. The van der Waals surface area contributed by atoms with Crippen LogP contribution in [-0.4, -0.2) is 37.5 Å². The lowest BCUT2D eigenvalue weighted by molar-refractivity contribution is -0.116. The Morgan fingerprint density at radius 2 is 2.03 bits per heavy atom. The van der Waals surface area contributed by atoms with Gasteiger partial charge in [-0.25, -0.2) is 9.67 Å². The van der Waals surface area contributed by atoms with E-state index in [0.717, 1.165) is 15.6 Å². The minimum Gasteiger partial charge on any atom is -0.340 e. The molecule has 4 heterocycles. The van der Waals surface area contributed by atoms with Crippen molar-refractivity contribution in [2.75, 3.05) is 0 Å². The smallest absolute Gasteiger partial charge is 0.270 e. The second kappa shape index (κ2) is 10.4. The molecule has 1 atom stereocenters. The highest BCUT2D eigenvalue weighted by molar-refractivity contribution is 7.17. The van der Waals surface area contributed by atoms with Crippen LogP contribution in [-0.2, 0) is 11.2 Å². The van der Waals surface area contributed by atoms with Gasteiger partial charge in [-0.2, -0.15) is 5.10 Å². The molecule has 7 nitrogen and oxygen atoms in total. The molecule has 0 saturated carbocycles. The normalized spacial score (nSPS) is 11.3. The number of hydrogen-bond donors (Lipinski definition) is 1. The Balaban J connectivity index is 0.00000132. The second-order valence-electron chi connectivity index (χ2n) is 6.29. The van der Waals surface area contributed by atoms with Crippen LogP contribution in [0.3, 0.4) is 0 Å². The number of nitrogens with zero attached hydrogens (tertiary/aromatic N) is 4. The highest BCUT2D eigenvalue weighted by Gasteiger charge is 2.23. The molecule has 0 fully saturated rings. The van der Waals surface area contributed by atoms with Crippen molar-refractivity contribution in [1.82, 2.24) is 25.1 Å². The quantitative estimate of drug-likeness (QED) is 0.445. The van der Waals surface area contributed by atoms with Gasteiger partial charge in [-0.3, -0.25) is 14.6 Å². The summed E-state index contributed by atoms with van der Waals surface area (Å²) in [6, 6.07) is 8.11. The summed E-state index contributed by atoms with van der Waals surface area (Å²) in [5, 5.41) is 10.0. The molecule has 0 aromatic carbocycles. The zero-order valence-corrected chi connectivity index (χ0v) is 18.2. The molecule has 1 unspecified atom stereocenters. The molecule has 158 valence electrons. The van der Waals surface area contributed by atoms with Crippen molar-refractivity contribution >= 4 is 33.1 Å². The first-order valence-electron chi connectivity index (χ1n) is 9.90. The van der Waals surface area contributed by atoms with Crippen LogP contribution in [0.5, 0.6) is 0 Å². The molecule has 0 radical (unpaired) electrons. The first-order valence-corrected chi connectivity index (χ1v) is 10.8. The average Bonchev–Trinajstić information content (AvgIpc) is 3.48. The topological polar surface area (TPSA) is 89.8 Å². The fraction of sp³-hybridized carbons (Fsp3) is 0.174. The summed E-state index contributed by atoms with van der Waals surface area (Å²) in [4.78, 5) is 33.7. The van der Waals surface area contributed by atoms with E-state index in [1.807, 2.05) is 31.4 Å². The third-order valence-corrected chi connectivity index (χ3v) is 5.46. The van der Waals surface area contributed by atoms with Crippen LogP contribution in [0.25, 0.3) is 15.9 Å². The standard InChI is InChI=1S/C21H17N5O2S.C2H6/c1-2-18(27)16(11-14-13-29-19-12-22-9-6-15(14)19)25-21(28)17-7-10-24-26(17)20-5-3-4-8-23-20;1-2/h2-10,12-13,16H,1,11H2,(H,25,28);1-2H3. The zero-order valence-electron chi connectivity index (χ0n) is 17.4. The first-order chi connectivity index (χ1) is 15.2. The third kappa shape index (κ3) is 4.92. The average molecular weight is 434 g/mol. The second-order valence-corrected chi connectivity index (χ2v) is 7.20. The van der Waals surface area contributed by atoms with Crippen LogP contribution < -0.4 is 5.32 Å². The third-order valence-electron chi connectivity index (χ3n) is 4.47. The van der Waals surface area contributed by atoms with E-state index < -0.39 is 11.9 Å². The van der Waals surface area contributed by atoms with Gasteiger partial charge in [-0.15, -0.1) is 11.3 Å². The highest BCUT2D eigenvalue weighted by atomic mass is 32.1. The summed E-state index contributed by atoms with van der Waals surface area (Å²) in [7, 11) is 0. The minimum absolute atomic E-state index is 0.254. The van der Waals surface area contributed by atoms with Gasteiger partial charge in [0.1, 0.15) is 5.69 Å². The van der Waals surface area contributed by atoms with E-state index in [2.05, 4.69) is 27.0 Å². The molecule has 1 N–H and O–H groups in total. The molecule has 4 aromatic rings. The van der Waals surface area contributed by atoms with Crippen molar-refractivity contribution in [2.24, 2.45) is 0 Å². The fourth-order valence-electron chi connectivity index (χ4n) is 3.05. The Labute approximate surface area is 184 Å². The van der Waals surface area contributed by atoms with Crippen LogP contribution in [0.15, 0.2) is 73.2 Å². The Hall–Kier alpha value is -3.65. The maximum atomic E-state index is 12.9. The lowest BCUT2D eigenvalue weighted by atomic mass is 10.0. The van der Waals surface area contributed by atoms with Gasteiger partial charge in [0.2, 0.25) is 0 Å². The number of pyridine rings is 2. The molecule has 1 amide bonds. The Morgan fingerprint density at radius 1 is 1.19 bits per heavy atom. The van der Waals surface area contributed by atoms with Crippen LogP contribution >= 0.6 is 11.3 Å². The van der Waals surface area contributed by atoms with Gasteiger partial charge in [0.15, 0.2) is 11.6 Å². The van der Waals surface area contributed by atoms with Crippen molar-refractivity contribution in [3.8, 4) is 5.82 Å². The highest BCUT2D eigenvalue weighted by Crippen LogP contribution is 2.26. The van der Waals surface area contributed by atoms with E-state index in [0.29, 0.717) is 17.9 Å². The van der Waals surface area contributed by atoms with Gasteiger partial charge in [-0.05, 0) is 46.7 Å². The largest absolute Gasteiger partial charge is 0.340 e. The summed E-state index contributed by atoms with van der Waals surface area (Å²) < 4.78 is 2.48. The predicted molar refractivity (Wildman–Crippen MR) is 122 cm³/mol. The molecule has 4 rings (SSSR count). The van der Waals surface area contributed by atoms with E-state index in [4.69, 9.17) is 0 Å². The number of nitrogens with one attached hydrogen (secondary N) is 1. The van der Waals surface area contributed by atoms with Crippen LogP contribution in [0.1, 0.15) is 29.9 Å². The maximum absolute atomic E-state index is 12.9. The van der Waals surface area contributed by atoms with Crippen LogP contribution in [0.2, 0.25) is 0 Å². The number of hydrogen-bond acceptors (Lipinski definition) is 6. The summed E-state index contributed by atoms with van der Waals surface area (Å²) in [6.07, 6.45) is 8.24. The van der Waals surface area contributed by atoms with Crippen LogP contribution in [0, 0.1) is 0 Å². The summed E-state index contributed by atoms with van der Waals surface area (Å²) in [5.74, 6) is -0.143. The number of thiophene rings is 1. The Morgan fingerprint density at radius 3 is 2.77 bits per heavy atom. The number of rotatable bonds is 7. The lowest BCUT2D eigenvalue weighted by Crippen LogP contribution is -2.42. The van der Waals surface area contributed by atoms with Gasteiger partial charge in [0.05, 0.1) is 16.9 Å². The minimum atomic E-state index is -0.738. The number of carbonyl (C=O) groups excluding carboxylic acids is 2. The molecular formula is C23H23N5O2S.